The van der Waals surface area contributed by atoms with E-state index in [-0.39, 0.29) is 24.7 Å². The minimum Gasteiger partial charge on any atom is -0.394 e. The van der Waals surface area contributed by atoms with Crippen molar-refractivity contribution < 1.29 is 5.11 Å². The first-order chi connectivity index (χ1) is 15.5. The van der Waals surface area contributed by atoms with Crippen LogP contribution in [0.5, 0.6) is 0 Å². The molecule has 32 heavy (non-hydrogen) atoms. The van der Waals surface area contributed by atoms with Crippen molar-refractivity contribution in [1.82, 2.24) is 9.80 Å². The molecule has 3 aromatic rings. The molecule has 3 aromatic carbocycles. The molecule has 0 aliphatic carbocycles. The lowest BCUT2D eigenvalue weighted by atomic mass is 9.89. The van der Waals surface area contributed by atoms with Crippen molar-refractivity contribution in [2.24, 2.45) is 4.99 Å². The molecule has 166 valence electrons. The summed E-state index contributed by atoms with van der Waals surface area (Å²) in [6.07, 6.45) is 0.715. The van der Waals surface area contributed by atoms with Crippen LogP contribution in [0.25, 0.3) is 0 Å². The molecule has 1 fully saturated rings. The number of benzene rings is 3. The number of aryl methyl sites for hydroxylation is 2. The molecular weight excluding hydrogens is 394 g/mol. The molecule has 4 rings (SSSR count). The Morgan fingerprint density at radius 2 is 1.22 bits per heavy atom. The van der Waals surface area contributed by atoms with E-state index < -0.39 is 0 Å². The largest absolute Gasteiger partial charge is 0.394 e. The molecular formula is C28H33N3O. The van der Waals surface area contributed by atoms with Gasteiger partial charge in [-0.15, -0.1) is 0 Å². The van der Waals surface area contributed by atoms with Crippen LogP contribution in [-0.2, 0) is 6.42 Å². The maximum absolute atomic E-state index is 10.1. The van der Waals surface area contributed by atoms with Crippen LogP contribution in [0.1, 0.15) is 39.9 Å². The zero-order chi connectivity index (χ0) is 22.7. The first-order valence-electron chi connectivity index (χ1n) is 11.3. The van der Waals surface area contributed by atoms with Gasteiger partial charge in [-0.25, -0.2) is 4.99 Å². The Morgan fingerprint density at radius 1 is 0.750 bits per heavy atom. The van der Waals surface area contributed by atoms with Crippen LogP contribution in [0.3, 0.4) is 0 Å². The van der Waals surface area contributed by atoms with E-state index >= 15 is 0 Å². The van der Waals surface area contributed by atoms with Gasteiger partial charge in [0.1, 0.15) is 0 Å². The third-order valence-electron chi connectivity index (χ3n) is 6.60. The van der Waals surface area contributed by atoms with E-state index in [9.17, 15) is 5.11 Å². The summed E-state index contributed by atoms with van der Waals surface area (Å²) >= 11 is 0. The van der Waals surface area contributed by atoms with Gasteiger partial charge in [-0.05, 0) is 48.1 Å². The summed E-state index contributed by atoms with van der Waals surface area (Å²) in [5.41, 5.74) is 6.36. The number of guanidine groups is 1. The molecule has 1 aliphatic heterocycles. The molecule has 3 atom stereocenters. The number of rotatable bonds is 6. The molecule has 1 aliphatic rings. The molecule has 0 spiro atoms. The highest BCUT2D eigenvalue weighted by Crippen LogP contribution is 2.45. The SMILES string of the molecule is Cc1ccccc1[C@@H]1[C@@H](c2ccccc2C)N(C)C(=N[C@H](CO)Cc2ccccc2)N1C. The van der Waals surface area contributed by atoms with Crippen molar-refractivity contribution in [2.45, 2.75) is 38.4 Å². The van der Waals surface area contributed by atoms with Crippen LogP contribution in [0, 0.1) is 13.8 Å². The second-order valence-corrected chi connectivity index (χ2v) is 8.78. The van der Waals surface area contributed by atoms with Crippen molar-refractivity contribution in [1.29, 1.82) is 0 Å². The summed E-state index contributed by atoms with van der Waals surface area (Å²) in [5, 5.41) is 10.1. The van der Waals surface area contributed by atoms with Gasteiger partial charge in [0, 0.05) is 14.1 Å². The van der Waals surface area contributed by atoms with Gasteiger partial charge in [-0.3, -0.25) is 0 Å². The monoisotopic (exact) mass is 427 g/mol. The van der Waals surface area contributed by atoms with E-state index in [2.05, 4.69) is 98.4 Å². The smallest absolute Gasteiger partial charge is 0.197 e. The van der Waals surface area contributed by atoms with Gasteiger partial charge in [-0.1, -0.05) is 78.9 Å². The highest BCUT2D eigenvalue weighted by atomic mass is 16.3. The minimum atomic E-state index is -0.189. The lowest BCUT2D eigenvalue weighted by Crippen LogP contribution is -2.32. The van der Waals surface area contributed by atoms with Crippen molar-refractivity contribution in [3.8, 4) is 0 Å². The molecule has 4 nitrogen and oxygen atoms in total. The van der Waals surface area contributed by atoms with E-state index in [0.29, 0.717) is 6.42 Å². The fraction of sp³-hybridized carbons (Fsp3) is 0.321. The second kappa shape index (κ2) is 9.58. The molecule has 0 saturated carbocycles. The molecule has 0 radical (unpaired) electrons. The van der Waals surface area contributed by atoms with Gasteiger partial charge >= 0.3 is 0 Å². The maximum Gasteiger partial charge on any atom is 0.197 e. The number of likely N-dealkylation sites (N-methyl/N-ethyl adjacent to an activating group) is 2. The second-order valence-electron chi connectivity index (χ2n) is 8.78. The van der Waals surface area contributed by atoms with Crippen LogP contribution in [-0.4, -0.2) is 47.6 Å². The van der Waals surface area contributed by atoms with Crippen LogP contribution < -0.4 is 0 Å². The topological polar surface area (TPSA) is 39.1 Å². The Hall–Kier alpha value is -3.11. The van der Waals surface area contributed by atoms with Crippen LogP contribution in [0.2, 0.25) is 0 Å². The molecule has 1 heterocycles. The molecule has 0 aromatic heterocycles. The summed E-state index contributed by atoms with van der Waals surface area (Å²) in [6, 6.07) is 27.6. The van der Waals surface area contributed by atoms with Gasteiger partial charge < -0.3 is 14.9 Å². The predicted molar refractivity (Wildman–Crippen MR) is 132 cm³/mol. The van der Waals surface area contributed by atoms with Gasteiger partial charge in [0.25, 0.3) is 0 Å². The minimum absolute atomic E-state index is 0.0180. The number of hydrogen-bond acceptors (Lipinski definition) is 2. The Kier molecular flexibility index (Phi) is 6.61. The molecule has 0 amide bonds. The normalized spacial score (nSPS) is 19.3. The zero-order valence-corrected chi connectivity index (χ0v) is 19.4. The number of nitrogens with zero attached hydrogens (tertiary/aromatic N) is 3. The van der Waals surface area contributed by atoms with Crippen LogP contribution >= 0.6 is 0 Å². The average molecular weight is 428 g/mol. The van der Waals surface area contributed by atoms with Crippen LogP contribution in [0.15, 0.2) is 83.9 Å². The quantitative estimate of drug-likeness (QED) is 0.607. The predicted octanol–water partition coefficient (Wildman–Crippen LogP) is 4.92. The lowest BCUT2D eigenvalue weighted by molar-refractivity contribution is 0.264. The third-order valence-corrected chi connectivity index (χ3v) is 6.60. The third kappa shape index (κ3) is 4.28. The Bertz CT molecular complexity index is 1020. The molecule has 0 bridgehead atoms. The fourth-order valence-electron chi connectivity index (χ4n) is 4.90. The first-order valence-corrected chi connectivity index (χ1v) is 11.3. The maximum atomic E-state index is 10.1. The van der Waals surface area contributed by atoms with E-state index in [4.69, 9.17) is 4.99 Å². The summed E-state index contributed by atoms with van der Waals surface area (Å²) in [7, 11) is 4.25. The standard InChI is InChI=1S/C28H33N3O/c1-20-12-8-10-16-24(20)26-27(25-17-11-9-13-21(25)2)31(4)28(30(26)3)29-23(19-32)18-22-14-6-5-7-15-22/h5-17,23,26-27,32H,18-19H2,1-4H3/t23-,26+,27+/m0/s1. The highest BCUT2D eigenvalue weighted by molar-refractivity contribution is 5.84. The number of aliphatic imine (C=N–C) groups is 1. The first kappa shape index (κ1) is 22.1. The Labute approximate surface area is 191 Å². The summed E-state index contributed by atoms with van der Waals surface area (Å²) in [4.78, 5) is 9.65. The van der Waals surface area contributed by atoms with Gasteiger partial charge in [0.2, 0.25) is 0 Å². The fourth-order valence-corrected chi connectivity index (χ4v) is 4.90. The number of aliphatic hydroxyl groups is 1. The lowest BCUT2D eigenvalue weighted by Gasteiger charge is -2.28. The van der Waals surface area contributed by atoms with Gasteiger partial charge in [0.15, 0.2) is 5.96 Å². The number of aliphatic hydroxyl groups excluding tert-OH is 1. The van der Waals surface area contributed by atoms with E-state index in [1.165, 1.54) is 27.8 Å². The van der Waals surface area contributed by atoms with E-state index in [1.807, 2.05) is 18.2 Å². The van der Waals surface area contributed by atoms with Crippen LogP contribution in [0.4, 0.5) is 0 Å². The van der Waals surface area contributed by atoms with Crippen molar-refractivity contribution >= 4 is 5.96 Å². The molecule has 1 N–H and O–H groups in total. The van der Waals surface area contributed by atoms with E-state index in [1.54, 1.807) is 0 Å². The molecule has 4 heteroatoms. The van der Waals surface area contributed by atoms with Crippen molar-refractivity contribution in [3.05, 3.63) is 107 Å². The zero-order valence-electron chi connectivity index (χ0n) is 19.4. The average Bonchev–Trinajstić information content (AvgIpc) is 3.04. The number of hydrogen-bond donors (Lipinski definition) is 1. The van der Waals surface area contributed by atoms with Gasteiger partial charge in [-0.2, -0.15) is 0 Å². The highest BCUT2D eigenvalue weighted by Gasteiger charge is 2.43. The summed E-state index contributed by atoms with van der Waals surface area (Å²) < 4.78 is 0. The molecule has 1 saturated heterocycles. The Balaban J connectivity index is 1.77. The Morgan fingerprint density at radius 3 is 1.69 bits per heavy atom. The van der Waals surface area contributed by atoms with Crippen molar-refractivity contribution in [2.75, 3.05) is 20.7 Å². The summed E-state index contributed by atoms with van der Waals surface area (Å²) in [6.45, 7) is 4.38. The van der Waals surface area contributed by atoms with Crippen molar-refractivity contribution in [3.63, 3.8) is 0 Å². The molecule has 0 unspecified atom stereocenters. The van der Waals surface area contributed by atoms with E-state index in [0.717, 1.165) is 5.96 Å². The summed E-state index contributed by atoms with van der Waals surface area (Å²) in [5.74, 6) is 0.918. The van der Waals surface area contributed by atoms with Gasteiger partial charge in [0.05, 0.1) is 24.7 Å².